The Morgan fingerprint density at radius 3 is 2.86 bits per heavy atom. The molecular formula is C17H23NO3. The van der Waals surface area contributed by atoms with E-state index in [4.69, 9.17) is 4.74 Å². The topological polar surface area (TPSA) is 49.8 Å². The molecule has 2 unspecified atom stereocenters. The molecule has 0 amide bonds. The number of carbonyl (C=O) groups is 1. The first kappa shape index (κ1) is 14.4. The molecule has 4 nitrogen and oxygen atoms in total. The van der Waals surface area contributed by atoms with E-state index in [1.807, 2.05) is 18.2 Å². The van der Waals surface area contributed by atoms with Crippen LogP contribution in [0.3, 0.4) is 0 Å². The third-order valence-electron chi connectivity index (χ3n) is 4.58. The molecule has 114 valence electrons. The van der Waals surface area contributed by atoms with Crippen LogP contribution in [0.2, 0.25) is 0 Å². The number of ether oxygens (including phenoxy) is 1. The highest BCUT2D eigenvalue weighted by atomic mass is 16.5. The number of carboxylic acid groups (broad SMARTS) is 1. The van der Waals surface area contributed by atoms with Crippen molar-refractivity contribution in [3.63, 3.8) is 0 Å². The predicted molar refractivity (Wildman–Crippen MR) is 80.5 cm³/mol. The van der Waals surface area contributed by atoms with Gasteiger partial charge in [0.15, 0.2) is 0 Å². The van der Waals surface area contributed by atoms with Crippen LogP contribution in [0.1, 0.15) is 51.1 Å². The zero-order chi connectivity index (χ0) is 15.0. The van der Waals surface area contributed by atoms with Crippen molar-refractivity contribution in [2.75, 3.05) is 6.54 Å². The average Bonchev–Trinajstić information content (AvgIpc) is 2.45. The molecule has 1 aromatic carbocycles. The van der Waals surface area contributed by atoms with Gasteiger partial charge in [0.25, 0.3) is 0 Å². The number of likely N-dealkylation sites (tertiary alicyclic amines) is 1. The van der Waals surface area contributed by atoms with E-state index in [-0.39, 0.29) is 17.7 Å². The molecule has 2 aliphatic heterocycles. The Morgan fingerprint density at radius 2 is 2.10 bits per heavy atom. The van der Waals surface area contributed by atoms with Crippen molar-refractivity contribution >= 4 is 5.97 Å². The maximum Gasteiger partial charge on any atom is 0.320 e. The van der Waals surface area contributed by atoms with Crippen LogP contribution in [-0.4, -0.2) is 34.2 Å². The summed E-state index contributed by atoms with van der Waals surface area (Å²) in [6.45, 7) is 5.01. The average molecular weight is 289 g/mol. The lowest BCUT2D eigenvalue weighted by molar-refractivity contribution is -0.147. The molecule has 1 aromatic rings. The number of fused-ring (bicyclic) bond motifs is 1. The largest absolute Gasteiger partial charge is 0.487 e. The minimum atomic E-state index is -0.698. The van der Waals surface area contributed by atoms with E-state index in [0.29, 0.717) is 0 Å². The van der Waals surface area contributed by atoms with Crippen LogP contribution >= 0.6 is 0 Å². The quantitative estimate of drug-likeness (QED) is 0.908. The van der Waals surface area contributed by atoms with Crippen LogP contribution in [0.5, 0.6) is 5.75 Å². The molecule has 0 spiro atoms. The molecule has 2 atom stereocenters. The monoisotopic (exact) mass is 289 g/mol. The predicted octanol–water partition coefficient (Wildman–Crippen LogP) is 3.23. The van der Waals surface area contributed by atoms with Crippen LogP contribution in [0, 0.1) is 0 Å². The zero-order valence-corrected chi connectivity index (χ0v) is 12.7. The fourth-order valence-electron chi connectivity index (χ4n) is 3.65. The number of aliphatic carboxylic acids is 1. The Labute approximate surface area is 125 Å². The highest BCUT2D eigenvalue weighted by molar-refractivity contribution is 5.73. The lowest BCUT2D eigenvalue weighted by Crippen LogP contribution is -2.50. The second-order valence-electron chi connectivity index (χ2n) is 6.71. The van der Waals surface area contributed by atoms with E-state index in [0.717, 1.165) is 43.5 Å². The molecule has 2 heterocycles. The smallest absolute Gasteiger partial charge is 0.320 e. The number of hydrogen-bond acceptors (Lipinski definition) is 3. The lowest BCUT2D eigenvalue weighted by Gasteiger charge is -2.45. The highest BCUT2D eigenvalue weighted by Crippen LogP contribution is 2.44. The summed E-state index contributed by atoms with van der Waals surface area (Å²) in [6, 6.07) is 7.80. The summed E-state index contributed by atoms with van der Waals surface area (Å²) in [6.07, 6.45) is 3.65. The Morgan fingerprint density at radius 1 is 1.33 bits per heavy atom. The zero-order valence-electron chi connectivity index (χ0n) is 12.7. The summed E-state index contributed by atoms with van der Waals surface area (Å²) >= 11 is 0. The fraction of sp³-hybridized carbons (Fsp3) is 0.588. The van der Waals surface area contributed by atoms with E-state index in [1.54, 1.807) is 0 Å². The van der Waals surface area contributed by atoms with Gasteiger partial charge in [0.2, 0.25) is 0 Å². The first-order valence-corrected chi connectivity index (χ1v) is 7.74. The molecule has 0 aromatic heterocycles. The molecule has 0 radical (unpaired) electrons. The van der Waals surface area contributed by atoms with Gasteiger partial charge in [-0.3, -0.25) is 9.69 Å². The van der Waals surface area contributed by atoms with E-state index in [2.05, 4.69) is 24.8 Å². The molecule has 0 saturated carbocycles. The Balaban J connectivity index is 1.98. The van der Waals surface area contributed by atoms with Crippen molar-refractivity contribution in [3.05, 3.63) is 29.8 Å². The SMILES string of the molecule is CC1(C)CC(N2CCCCC2C(=O)O)c2ccccc2O1. The molecule has 1 fully saturated rings. The number of hydrogen-bond donors (Lipinski definition) is 1. The Hall–Kier alpha value is -1.55. The molecule has 2 aliphatic rings. The first-order chi connectivity index (χ1) is 9.98. The molecule has 1 N–H and O–H groups in total. The molecule has 0 aliphatic carbocycles. The summed E-state index contributed by atoms with van der Waals surface area (Å²) in [5, 5.41) is 9.54. The van der Waals surface area contributed by atoms with Gasteiger partial charge in [0, 0.05) is 18.0 Å². The maximum atomic E-state index is 11.6. The number of para-hydroxylation sites is 1. The number of carboxylic acids is 1. The summed E-state index contributed by atoms with van der Waals surface area (Å²) in [5.74, 6) is 0.199. The number of nitrogens with zero attached hydrogens (tertiary/aromatic N) is 1. The van der Waals surface area contributed by atoms with E-state index < -0.39 is 5.97 Å². The van der Waals surface area contributed by atoms with Crippen LogP contribution in [-0.2, 0) is 4.79 Å². The van der Waals surface area contributed by atoms with Crippen LogP contribution in [0.15, 0.2) is 24.3 Å². The van der Waals surface area contributed by atoms with Gasteiger partial charge < -0.3 is 9.84 Å². The second kappa shape index (κ2) is 5.34. The van der Waals surface area contributed by atoms with Crippen LogP contribution in [0.25, 0.3) is 0 Å². The van der Waals surface area contributed by atoms with Crippen molar-refractivity contribution in [1.29, 1.82) is 0 Å². The summed E-state index contributed by atoms with van der Waals surface area (Å²) in [5.41, 5.74) is 0.865. The summed E-state index contributed by atoms with van der Waals surface area (Å²) < 4.78 is 6.06. The third-order valence-corrected chi connectivity index (χ3v) is 4.58. The van der Waals surface area contributed by atoms with E-state index in [1.165, 1.54) is 0 Å². The van der Waals surface area contributed by atoms with Gasteiger partial charge in [-0.15, -0.1) is 0 Å². The third kappa shape index (κ3) is 2.77. The molecule has 1 saturated heterocycles. The van der Waals surface area contributed by atoms with Crippen molar-refractivity contribution in [3.8, 4) is 5.75 Å². The standard InChI is InChI=1S/C17H23NO3/c1-17(2)11-14(12-7-3-4-9-15(12)21-17)18-10-6-5-8-13(18)16(19)20/h3-4,7,9,13-14H,5-6,8,10-11H2,1-2H3,(H,19,20). The van der Waals surface area contributed by atoms with Crippen LogP contribution < -0.4 is 4.74 Å². The van der Waals surface area contributed by atoms with Gasteiger partial charge in [-0.1, -0.05) is 24.6 Å². The van der Waals surface area contributed by atoms with Crippen molar-refractivity contribution < 1.29 is 14.6 Å². The van der Waals surface area contributed by atoms with Gasteiger partial charge in [-0.25, -0.2) is 0 Å². The van der Waals surface area contributed by atoms with Gasteiger partial charge in [0.1, 0.15) is 17.4 Å². The minimum Gasteiger partial charge on any atom is -0.487 e. The van der Waals surface area contributed by atoms with Gasteiger partial charge in [-0.2, -0.15) is 0 Å². The fourth-order valence-corrected chi connectivity index (χ4v) is 3.65. The lowest BCUT2D eigenvalue weighted by atomic mass is 9.86. The number of piperidine rings is 1. The molecule has 0 bridgehead atoms. The van der Waals surface area contributed by atoms with E-state index >= 15 is 0 Å². The van der Waals surface area contributed by atoms with Gasteiger partial charge in [0.05, 0.1) is 0 Å². The molecular weight excluding hydrogens is 266 g/mol. The van der Waals surface area contributed by atoms with Crippen molar-refractivity contribution in [2.45, 2.75) is 57.2 Å². The maximum absolute atomic E-state index is 11.6. The van der Waals surface area contributed by atoms with Crippen LogP contribution in [0.4, 0.5) is 0 Å². The van der Waals surface area contributed by atoms with Crippen molar-refractivity contribution in [2.24, 2.45) is 0 Å². The normalized spacial score (nSPS) is 28.5. The first-order valence-electron chi connectivity index (χ1n) is 7.74. The highest BCUT2D eigenvalue weighted by Gasteiger charge is 2.41. The van der Waals surface area contributed by atoms with E-state index in [9.17, 15) is 9.90 Å². The minimum absolute atomic E-state index is 0.131. The molecule has 21 heavy (non-hydrogen) atoms. The Kier molecular flexibility index (Phi) is 3.66. The van der Waals surface area contributed by atoms with Gasteiger partial charge in [-0.05, 0) is 39.3 Å². The van der Waals surface area contributed by atoms with Gasteiger partial charge >= 0.3 is 5.97 Å². The number of benzene rings is 1. The molecule has 4 heteroatoms. The summed E-state index contributed by atoms with van der Waals surface area (Å²) in [4.78, 5) is 13.8. The Bertz CT molecular complexity index is 541. The number of rotatable bonds is 2. The summed E-state index contributed by atoms with van der Waals surface area (Å²) in [7, 11) is 0. The van der Waals surface area contributed by atoms with Crippen molar-refractivity contribution in [1.82, 2.24) is 4.90 Å². The second-order valence-corrected chi connectivity index (χ2v) is 6.71. The molecule has 3 rings (SSSR count).